The van der Waals surface area contributed by atoms with E-state index in [9.17, 15) is 0 Å². The summed E-state index contributed by atoms with van der Waals surface area (Å²) in [6, 6.07) is 8.48. The van der Waals surface area contributed by atoms with E-state index >= 15 is 0 Å². The minimum Gasteiger partial charge on any atom is -0.274 e. The number of rotatable bonds is 0. The van der Waals surface area contributed by atoms with Gasteiger partial charge in [-0.2, -0.15) is 0 Å². The van der Waals surface area contributed by atoms with Crippen LogP contribution in [0.1, 0.15) is 0 Å². The fourth-order valence-electron chi connectivity index (χ4n) is 0.663. The van der Waals surface area contributed by atoms with E-state index in [2.05, 4.69) is 36.0 Å². The van der Waals surface area contributed by atoms with Crippen molar-refractivity contribution in [3.8, 4) is 11.1 Å². The van der Waals surface area contributed by atoms with Crippen LogP contribution in [0.4, 0.5) is 0 Å². The molecule has 0 aromatic rings. The fraction of sp³-hybridized carbons (Fsp3) is 0. The smallest absolute Gasteiger partial charge is 0.0184 e. The summed E-state index contributed by atoms with van der Waals surface area (Å²) in [6.45, 7) is 0. The van der Waals surface area contributed by atoms with Gasteiger partial charge in [0.2, 0.25) is 0 Å². The molecule has 3 heteroatoms. The van der Waals surface area contributed by atoms with E-state index in [1.807, 2.05) is 0 Å². The van der Waals surface area contributed by atoms with Crippen molar-refractivity contribution in [3.05, 3.63) is 24.3 Å². The zero-order chi connectivity index (χ0) is 5.98. The van der Waals surface area contributed by atoms with Crippen molar-refractivity contribution in [2.45, 2.75) is 0 Å². The van der Waals surface area contributed by atoms with Crippen molar-refractivity contribution >= 4 is 12.4 Å². The largest absolute Gasteiger partial charge is 0.274 e. The second-order valence-electron chi connectivity index (χ2n) is 1.58. The van der Waals surface area contributed by atoms with E-state index in [4.69, 9.17) is 0 Å². The Morgan fingerprint density at radius 2 is 1.00 bits per heavy atom. The quantitative estimate of drug-likeness (QED) is 0.427. The van der Waals surface area contributed by atoms with E-state index in [0.717, 1.165) is 0 Å². The van der Waals surface area contributed by atoms with E-state index in [1.165, 1.54) is 11.1 Å². The Hall–Kier alpha value is -0.570. The summed E-state index contributed by atoms with van der Waals surface area (Å²) >= 11 is 0. The first-order valence-electron chi connectivity index (χ1n) is 2.40. The first kappa shape index (κ1) is 8.43. The molecule has 0 fully saturated rings. The summed E-state index contributed by atoms with van der Waals surface area (Å²) in [5.74, 6) is 8.00. The summed E-state index contributed by atoms with van der Waals surface area (Å²) in [6.07, 6.45) is 0. The van der Waals surface area contributed by atoms with Crippen LogP contribution in [-0.2, 0) is 0 Å². The summed E-state index contributed by atoms with van der Waals surface area (Å²) in [4.78, 5) is 0. The molecule has 0 aromatic heterocycles. The lowest BCUT2D eigenvalue weighted by molar-refractivity contribution is 1.26. The van der Waals surface area contributed by atoms with Crippen LogP contribution in [0.15, 0.2) is 24.3 Å². The van der Waals surface area contributed by atoms with Gasteiger partial charge >= 0.3 is 0 Å². The minimum atomic E-state index is 0. The third-order valence-corrected chi connectivity index (χ3v) is 1.22. The van der Waals surface area contributed by atoms with Crippen molar-refractivity contribution in [1.29, 1.82) is 0 Å². The second kappa shape index (κ2) is 3.45. The van der Waals surface area contributed by atoms with Gasteiger partial charge in [0.25, 0.3) is 0 Å². The van der Waals surface area contributed by atoms with Gasteiger partial charge in [0.15, 0.2) is 0 Å². The molecule has 0 atom stereocenters. The Balaban J connectivity index is 0.000000198. The SMILES string of the molecule is Cl.NN.c1cc2ccc1-2. The molecular formula is C6H9ClN2. The Morgan fingerprint density at radius 3 is 1.00 bits per heavy atom. The number of hydrogen-bond acceptors (Lipinski definition) is 2. The molecule has 0 saturated heterocycles. The number of halogens is 1. The van der Waals surface area contributed by atoms with E-state index in [-0.39, 0.29) is 12.4 Å². The van der Waals surface area contributed by atoms with Crippen LogP contribution in [0.25, 0.3) is 11.1 Å². The fourth-order valence-corrected chi connectivity index (χ4v) is 0.663. The minimum absolute atomic E-state index is 0. The highest BCUT2D eigenvalue weighted by molar-refractivity contribution is 5.85. The van der Waals surface area contributed by atoms with Gasteiger partial charge in [0, 0.05) is 0 Å². The molecule has 0 spiro atoms. The van der Waals surface area contributed by atoms with Gasteiger partial charge in [0.1, 0.15) is 0 Å². The maximum Gasteiger partial charge on any atom is -0.0184 e. The molecule has 2 aliphatic carbocycles. The third-order valence-electron chi connectivity index (χ3n) is 1.22. The molecule has 9 heavy (non-hydrogen) atoms. The average Bonchev–Trinajstić information content (AvgIpc) is 1.83. The first-order valence-corrected chi connectivity index (χ1v) is 2.40. The predicted molar refractivity (Wildman–Crippen MR) is 41.1 cm³/mol. The van der Waals surface area contributed by atoms with Crippen molar-refractivity contribution in [2.75, 3.05) is 0 Å². The highest BCUT2D eigenvalue weighted by Gasteiger charge is 2.03. The molecule has 0 aromatic carbocycles. The van der Waals surface area contributed by atoms with Crippen molar-refractivity contribution in [2.24, 2.45) is 11.7 Å². The molecule has 4 N–H and O–H groups in total. The molecule has 0 bridgehead atoms. The van der Waals surface area contributed by atoms with Crippen LogP contribution in [-0.4, -0.2) is 0 Å². The normalized spacial score (nSPS) is 8.22. The van der Waals surface area contributed by atoms with Crippen LogP contribution in [0.3, 0.4) is 0 Å². The lowest BCUT2D eigenvalue weighted by atomic mass is 9.95. The number of fused-ring (bicyclic) bond motifs is 1. The molecule has 0 unspecified atom stereocenters. The maximum atomic E-state index is 4.00. The Labute approximate surface area is 60.2 Å². The highest BCUT2D eigenvalue weighted by Crippen LogP contribution is 2.29. The first-order chi connectivity index (χ1) is 3.97. The Kier molecular flexibility index (Phi) is 3.24. The van der Waals surface area contributed by atoms with Crippen LogP contribution >= 0.6 is 12.4 Å². The molecule has 0 radical (unpaired) electrons. The molecule has 50 valence electrons. The van der Waals surface area contributed by atoms with Crippen LogP contribution in [0.5, 0.6) is 0 Å². The van der Waals surface area contributed by atoms with Crippen LogP contribution in [0.2, 0.25) is 0 Å². The summed E-state index contributed by atoms with van der Waals surface area (Å²) in [5, 5.41) is 0. The number of benzene rings is 1. The molecule has 0 amide bonds. The Morgan fingerprint density at radius 1 is 0.778 bits per heavy atom. The van der Waals surface area contributed by atoms with E-state index in [0.29, 0.717) is 0 Å². The van der Waals surface area contributed by atoms with Gasteiger partial charge in [-0.05, 0) is 11.1 Å². The van der Waals surface area contributed by atoms with Gasteiger partial charge in [-0.15, -0.1) is 12.4 Å². The molecule has 2 nitrogen and oxygen atoms in total. The van der Waals surface area contributed by atoms with Crippen molar-refractivity contribution < 1.29 is 0 Å². The average molecular weight is 145 g/mol. The lowest BCUT2D eigenvalue weighted by Crippen LogP contribution is -2.02. The van der Waals surface area contributed by atoms with E-state index < -0.39 is 0 Å². The number of hydrazine groups is 1. The lowest BCUT2D eigenvalue weighted by Gasteiger charge is -2.10. The zero-order valence-corrected chi connectivity index (χ0v) is 5.69. The molecular weight excluding hydrogens is 136 g/mol. The third kappa shape index (κ3) is 1.21. The summed E-state index contributed by atoms with van der Waals surface area (Å²) < 4.78 is 0. The van der Waals surface area contributed by atoms with Crippen molar-refractivity contribution in [3.63, 3.8) is 0 Å². The Bertz CT molecular complexity index is 150. The highest BCUT2D eigenvalue weighted by atomic mass is 35.5. The van der Waals surface area contributed by atoms with Crippen molar-refractivity contribution in [1.82, 2.24) is 0 Å². The molecule has 0 aliphatic heterocycles. The standard InChI is InChI=1S/C6H4.ClH.H4N2/c1-2-6-4-3-5(1)6;;1-2/h1-4H;1H;1-2H2. The molecule has 0 heterocycles. The van der Waals surface area contributed by atoms with Gasteiger partial charge in [-0.25, -0.2) is 0 Å². The predicted octanol–water partition coefficient (Wildman–Crippen LogP) is 0.908. The zero-order valence-electron chi connectivity index (χ0n) is 4.87. The van der Waals surface area contributed by atoms with Gasteiger partial charge in [0.05, 0.1) is 0 Å². The van der Waals surface area contributed by atoms with Crippen LogP contribution < -0.4 is 11.7 Å². The van der Waals surface area contributed by atoms with Gasteiger partial charge < -0.3 is 0 Å². The number of nitrogens with two attached hydrogens (primary N) is 2. The summed E-state index contributed by atoms with van der Waals surface area (Å²) in [5.41, 5.74) is 2.85. The monoisotopic (exact) mass is 144 g/mol. The maximum absolute atomic E-state index is 4.00. The van der Waals surface area contributed by atoms with E-state index in [1.54, 1.807) is 0 Å². The summed E-state index contributed by atoms with van der Waals surface area (Å²) in [7, 11) is 0. The van der Waals surface area contributed by atoms with Gasteiger partial charge in [-0.1, -0.05) is 24.3 Å². The second-order valence-corrected chi connectivity index (χ2v) is 1.58. The molecule has 2 rings (SSSR count). The topological polar surface area (TPSA) is 52.0 Å². The number of hydrogen-bond donors (Lipinski definition) is 2. The van der Waals surface area contributed by atoms with Crippen LogP contribution in [0, 0.1) is 0 Å². The van der Waals surface area contributed by atoms with Gasteiger partial charge in [-0.3, -0.25) is 11.7 Å². The molecule has 2 aliphatic rings. The molecule has 0 saturated carbocycles.